The van der Waals surface area contributed by atoms with Crippen LogP contribution in [0.2, 0.25) is 0 Å². The Morgan fingerprint density at radius 3 is 2.46 bits per heavy atom. The predicted octanol–water partition coefficient (Wildman–Crippen LogP) is 3.89. The number of sulfonamides is 1. The third kappa shape index (κ3) is 6.19. The number of rotatable bonds is 8. The third-order valence-electron chi connectivity index (χ3n) is 5.87. The molecule has 1 aliphatic heterocycles. The van der Waals surface area contributed by atoms with Gasteiger partial charge in [0.15, 0.2) is 0 Å². The first-order chi connectivity index (χ1) is 16.9. The Bertz CT molecular complexity index is 1290. The lowest BCUT2D eigenvalue weighted by Gasteiger charge is -2.27. The van der Waals surface area contributed by atoms with E-state index in [0.29, 0.717) is 48.0 Å². The number of morpholine rings is 1. The standard InChI is InChI=1S/C26H29N3O5S/c1-19-7-12-23(35(31,32)28-21-8-10-22(33-2)11-9-21)17-24(19)26(30)27-25-6-4-3-5-20(25)18-29-13-15-34-16-14-29/h3-12,17,28H,13-16,18H2,1-2H3,(H,27,30). The van der Waals surface area contributed by atoms with Crippen LogP contribution in [0, 0.1) is 6.92 Å². The number of ether oxygens (including phenoxy) is 2. The topological polar surface area (TPSA) is 97.0 Å². The minimum Gasteiger partial charge on any atom is -0.497 e. The molecule has 0 bridgehead atoms. The molecule has 2 N–H and O–H groups in total. The molecule has 1 amide bonds. The highest BCUT2D eigenvalue weighted by Gasteiger charge is 2.20. The first kappa shape index (κ1) is 24.7. The van der Waals surface area contributed by atoms with Crippen LogP contribution >= 0.6 is 0 Å². The van der Waals surface area contributed by atoms with E-state index in [1.807, 2.05) is 24.3 Å². The van der Waals surface area contributed by atoms with Gasteiger partial charge in [0.2, 0.25) is 0 Å². The molecular formula is C26H29N3O5S. The van der Waals surface area contributed by atoms with Crippen LogP contribution in [0.3, 0.4) is 0 Å². The van der Waals surface area contributed by atoms with Gasteiger partial charge in [-0.1, -0.05) is 24.3 Å². The van der Waals surface area contributed by atoms with Crippen LogP contribution in [0.4, 0.5) is 11.4 Å². The van der Waals surface area contributed by atoms with Crippen molar-refractivity contribution in [2.24, 2.45) is 0 Å². The van der Waals surface area contributed by atoms with Gasteiger partial charge in [-0.25, -0.2) is 8.42 Å². The lowest BCUT2D eigenvalue weighted by Crippen LogP contribution is -2.35. The summed E-state index contributed by atoms with van der Waals surface area (Å²) >= 11 is 0. The molecule has 3 aromatic rings. The Kier molecular flexibility index (Phi) is 7.70. The molecule has 0 saturated carbocycles. The molecule has 1 heterocycles. The molecule has 0 radical (unpaired) electrons. The van der Waals surface area contributed by atoms with E-state index in [0.717, 1.165) is 18.7 Å². The predicted molar refractivity (Wildman–Crippen MR) is 135 cm³/mol. The van der Waals surface area contributed by atoms with E-state index in [-0.39, 0.29) is 10.8 Å². The highest BCUT2D eigenvalue weighted by molar-refractivity contribution is 7.92. The van der Waals surface area contributed by atoms with Crippen LogP contribution in [-0.2, 0) is 21.3 Å². The molecule has 4 rings (SSSR count). The largest absolute Gasteiger partial charge is 0.497 e. The van der Waals surface area contributed by atoms with Crippen LogP contribution in [-0.4, -0.2) is 52.6 Å². The fourth-order valence-electron chi connectivity index (χ4n) is 3.86. The van der Waals surface area contributed by atoms with E-state index in [1.54, 1.807) is 44.4 Å². The minimum atomic E-state index is -3.90. The molecule has 1 saturated heterocycles. The van der Waals surface area contributed by atoms with Crippen molar-refractivity contribution in [1.82, 2.24) is 4.90 Å². The van der Waals surface area contributed by atoms with Gasteiger partial charge < -0.3 is 14.8 Å². The highest BCUT2D eigenvalue weighted by Crippen LogP contribution is 2.23. The number of anilines is 2. The van der Waals surface area contributed by atoms with Crippen molar-refractivity contribution >= 4 is 27.3 Å². The van der Waals surface area contributed by atoms with E-state index >= 15 is 0 Å². The van der Waals surface area contributed by atoms with Crippen molar-refractivity contribution < 1.29 is 22.7 Å². The summed E-state index contributed by atoms with van der Waals surface area (Å²) in [5, 5.41) is 2.97. The second-order valence-corrected chi connectivity index (χ2v) is 9.99. The van der Waals surface area contributed by atoms with Gasteiger partial charge in [-0.2, -0.15) is 0 Å². The Morgan fingerprint density at radius 1 is 1.03 bits per heavy atom. The van der Waals surface area contributed by atoms with E-state index in [2.05, 4.69) is 14.9 Å². The summed E-state index contributed by atoms with van der Waals surface area (Å²) in [4.78, 5) is 15.5. The number of aryl methyl sites for hydroxylation is 1. The first-order valence-corrected chi connectivity index (χ1v) is 12.8. The summed E-state index contributed by atoms with van der Waals surface area (Å²) in [6, 6.07) is 18.7. The number of nitrogens with one attached hydrogen (secondary N) is 2. The normalized spacial score (nSPS) is 14.3. The van der Waals surface area contributed by atoms with Gasteiger partial charge in [-0.05, 0) is 60.5 Å². The van der Waals surface area contributed by atoms with Crippen molar-refractivity contribution in [3.63, 3.8) is 0 Å². The molecular weight excluding hydrogens is 466 g/mol. The Morgan fingerprint density at radius 2 is 1.74 bits per heavy atom. The molecule has 3 aromatic carbocycles. The maximum Gasteiger partial charge on any atom is 0.261 e. The van der Waals surface area contributed by atoms with Crippen molar-refractivity contribution in [1.29, 1.82) is 0 Å². The maximum atomic E-state index is 13.2. The first-order valence-electron chi connectivity index (χ1n) is 11.3. The molecule has 0 spiro atoms. The molecule has 0 aliphatic carbocycles. The molecule has 9 heteroatoms. The molecule has 0 aromatic heterocycles. The van der Waals surface area contributed by atoms with E-state index in [4.69, 9.17) is 9.47 Å². The fourth-order valence-corrected chi connectivity index (χ4v) is 4.94. The van der Waals surface area contributed by atoms with Crippen LogP contribution in [0.5, 0.6) is 5.75 Å². The van der Waals surface area contributed by atoms with Crippen molar-refractivity contribution in [2.45, 2.75) is 18.4 Å². The van der Waals surface area contributed by atoms with E-state index in [9.17, 15) is 13.2 Å². The summed E-state index contributed by atoms with van der Waals surface area (Å²) < 4.78 is 39.0. The van der Waals surface area contributed by atoms with Crippen molar-refractivity contribution in [3.05, 3.63) is 83.4 Å². The Balaban J connectivity index is 1.53. The zero-order chi connectivity index (χ0) is 24.8. The number of nitrogens with zero attached hydrogens (tertiary/aromatic N) is 1. The fraction of sp³-hybridized carbons (Fsp3) is 0.269. The minimum absolute atomic E-state index is 0.00525. The van der Waals surface area contributed by atoms with Crippen LogP contribution in [0.25, 0.3) is 0 Å². The molecule has 1 fully saturated rings. The second-order valence-electron chi connectivity index (χ2n) is 8.31. The third-order valence-corrected chi connectivity index (χ3v) is 7.25. The van der Waals surface area contributed by atoms with Crippen molar-refractivity contribution in [2.75, 3.05) is 43.5 Å². The molecule has 0 atom stereocenters. The van der Waals surface area contributed by atoms with Crippen LogP contribution in [0.1, 0.15) is 21.5 Å². The molecule has 8 nitrogen and oxygen atoms in total. The lowest BCUT2D eigenvalue weighted by atomic mass is 10.1. The summed E-state index contributed by atoms with van der Waals surface area (Å²) in [5.74, 6) is 0.259. The summed E-state index contributed by atoms with van der Waals surface area (Å²) in [6.07, 6.45) is 0. The molecule has 0 unspecified atom stereocenters. The van der Waals surface area contributed by atoms with Crippen LogP contribution in [0.15, 0.2) is 71.6 Å². The monoisotopic (exact) mass is 495 g/mol. The summed E-state index contributed by atoms with van der Waals surface area (Å²) in [5.41, 5.74) is 3.06. The number of amides is 1. The molecule has 184 valence electrons. The summed E-state index contributed by atoms with van der Waals surface area (Å²) in [7, 11) is -2.35. The van der Waals surface area contributed by atoms with Gasteiger partial charge in [-0.3, -0.25) is 14.4 Å². The van der Waals surface area contributed by atoms with Gasteiger partial charge in [0.1, 0.15) is 5.75 Å². The Hall–Kier alpha value is -3.40. The Labute approximate surface area is 205 Å². The zero-order valence-electron chi connectivity index (χ0n) is 19.8. The van der Waals surface area contributed by atoms with E-state index in [1.165, 1.54) is 12.1 Å². The zero-order valence-corrected chi connectivity index (χ0v) is 20.6. The SMILES string of the molecule is COc1ccc(NS(=O)(=O)c2ccc(C)c(C(=O)Nc3ccccc3CN3CCOCC3)c2)cc1. The summed E-state index contributed by atoms with van der Waals surface area (Å²) in [6.45, 7) is 5.53. The average molecular weight is 496 g/mol. The quantitative estimate of drug-likeness (QED) is 0.492. The number of hydrogen-bond acceptors (Lipinski definition) is 6. The number of carbonyl (C=O) groups excluding carboxylic acids is 1. The number of hydrogen-bond donors (Lipinski definition) is 2. The number of benzene rings is 3. The number of methoxy groups -OCH3 is 1. The number of para-hydroxylation sites is 1. The number of carbonyl (C=O) groups is 1. The van der Waals surface area contributed by atoms with Crippen LogP contribution < -0.4 is 14.8 Å². The lowest BCUT2D eigenvalue weighted by molar-refractivity contribution is 0.0342. The van der Waals surface area contributed by atoms with E-state index < -0.39 is 10.0 Å². The maximum absolute atomic E-state index is 13.2. The van der Waals surface area contributed by atoms with Gasteiger partial charge in [0.25, 0.3) is 15.9 Å². The van der Waals surface area contributed by atoms with Gasteiger partial charge in [-0.15, -0.1) is 0 Å². The molecule has 1 aliphatic rings. The average Bonchev–Trinajstić information content (AvgIpc) is 2.86. The smallest absolute Gasteiger partial charge is 0.261 e. The molecule has 35 heavy (non-hydrogen) atoms. The second kappa shape index (κ2) is 10.9. The van der Waals surface area contributed by atoms with Gasteiger partial charge in [0, 0.05) is 36.6 Å². The van der Waals surface area contributed by atoms with Crippen molar-refractivity contribution in [3.8, 4) is 5.75 Å². The van der Waals surface area contributed by atoms with Gasteiger partial charge in [0.05, 0.1) is 25.2 Å². The highest BCUT2D eigenvalue weighted by atomic mass is 32.2. The van der Waals surface area contributed by atoms with Gasteiger partial charge >= 0.3 is 0 Å².